The second-order valence-corrected chi connectivity index (χ2v) is 7.34. The highest BCUT2D eigenvalue weighted by molar-refractivity contribution is 6.00. The number of hydrogen-bond acceptors (Lipinski definition) is 5. The number of rotatable bonds is 4. The molecule has 1 aliphatic heterocycles. The number of aryl methyl sites for hydroxylation is 2. The van der Waals surface area contributed by atoms with E-state index >= 15 is 0 Å². The minimum absolute atomic E-state index is 0.288. The Bertz CT molecular complexity index is 1030. The van der Waals surface area contributed by atoms with Crippen molar-refractivity contribution >= 4 is 23.2 Å². The van der Waals surface area contributed by atoms with Crippen LogP contribution in [0.25, 0.3) is 11.3 Å². The number of aromatic nitrogens is 2. The van der Waals surface area contributed by atoms with Gasteiger partial charge in [0.05, 0.1) is 18.9 Å². The number of carbonyl (C=O) groups excluding carboxylic acids is 1. The SMILES string of the molecule is Cc1ccc(NC(=O)Nc2cccc(-c3ccc(N4CCOCC4)nn3)c2)cc1C. The van der Waals surface area contributed by atoms with Crippen LogP contribution in [0.4, 0.5) is 22.0 Å². The lowest BCUT2D eigenvalue weighted by Gasteiger charge is -2.27. The number of amides is 2. The zero-order chi connectivity index (χ0) is 20.9. The maximum atomic E-state index is 12.4. The van der Waals surface area contributed by atoms with Crippen molar-refractivity contribution in [2.45, 2.75) is 13.8 Å². The number of urea groups is 1. The standard InChI is InChI=1S/C23H25N5O2/c1-16-6-7-20(14-17(16)2)25-23(29)24-19-5-3-4-18(15-19)21-8-9-22(27-26-21)28-10-12-30-13-11-28/h3-9,14-15H,10-13H2,1-2H3,(H2,24,25,29). The molecule has 1 fully saturated rings. The van der Waals surface area contributed by atoms with Crippen LogP contribution in [0.5, 0.6) is 0 Å². The molecule has 30 heavy (non-hydrogen) atoms. The molecule has 4 rings (SSSR count). The highest BCUT2D eigenvalue weighted by Crippen LogP contribution is 2.22. The highest BCUT2D eigenvalue weighted by atomic mass is 16.5. The van der Waals surface area contributed by atoms with E-state index in [2.05, 4.69) is 25.7 Å². The summed E-state index contributed by atoms with van der Waals surface area (Å²) in [5.41, 5.74) is 5.41. The van der Waals surface area contributed by atoms with Gasteiger partial charge in [0.25, 0.3) is 0 Å². The molecule has 0 unspecified atom stereocenters. The molecule has 2 N–H and O–H groups in total. The molecule has 154 valence electrons. The predicted octanol–water partition coefficient (Wildman–Crippen LogP) is 4.24. The average molecular weight is 403 g/mol. The zero-order valence-corrected chi connectivity index (χ0v) is 17.2. The minimum Gasteiger partial charge on any atom is -0.378 e. The Morgan fingerprint density at radius 3 is 2.37 bits per heavy atom. The fourth-order valence-electron chi connectivity index (χ4n) is 3.31. The number of ether oxygens (including phenoxy) is 1. The van der Waals surface area contributed by atoms with Crippen molar-refractivity contribution < 1.29 is 9.53 Å². The Hall–Kier alpha value is -3.45. The molecule has 1 aliphatic rings. The van der Waals surface area contributed by atoms with Gasteiger partial charge in [0.1, 0.15) is 0 Å². The van der Waals surface area contributed by atoms with Gasteiger partial charge in [0.2, 0.25) is 0 Å². The third-order valence-corrected chi connectivity index (χ3v) is 5.17. The minimum atomic E-state index is -0.288. The van der Waals surface area contributed by atoms with E-state index in [1.807, 2.05) is 68.4 Å². The molecule has 1 aromatic heterocycles. The Kier molecular flexibility index (Phi) is 5.90. The summed E-state index contributed by atoms with van der Waals surface area (Å²) in [7, 11) is 0. The van der Waals surface area contributed by atoms with Crippen LogP contribution in [-0.4, -0.2) is 42.5 Å². The summed E-state index contributed by atoms with van der Waals surface area (Å²) in [5, 5.41) is 14.5. The van der Waals surface area contributed by atoms with Crippen LogP contribution >= 0.6 is 0 Å². The molecule has 0 saturated carbocycles. The lowest BCUT2D eigenvalue weighted by Crippen LogP contribution is -2.36. The van der Waals surface area contributed by atoms with Gasteiger partial charge in [-0.25, -0.2) is 4.79 Å². The van der Waals surface area contributed by atoms with Crippen LogP contribution in [0, 0.1) is 13.8 Å². The fourth-order valence-corrected chi connectivity index (χ4v) is 3.31. The quantitative estimate of drug-likeness (QED) is 0.681. The molecule has 7 heteroatoms. The number of anilines is 3. The smallest absolute Gasteiger partial charge is 0.323 e. The fraction of sp³-hybridized carbons (Fsp3) is 0.261. The normalized spacial score (nSPS) is 13.7. The van der Waals surface area contributed by atoms with Gasteiger partial charge in [-0.1, -0.05) is 18.2 Å². The molecule has 2 amide bonds. The summed E-state index contributed by atoms with van der Waals surface area (Å²) in [6.45, 7) is 7.13. The molecule has 0 bridgehead atoms. The molecule has 7 nitrogen and oxygen atoms in total. The Balaban J connectivity index is 1.43. The van der Waals surface area contributed by atoms with E-state index in [4.69, 9.17) is 4.74 Å². The first-order valence-electron chi connectivity index (χ1n) is 10.0. The molecular weight excluding hydrogens is 378 g/mol. The Labute approximate surface area is 176 Å². The maximum Gasteiger partial charge on any atom is 0.323 e. The number of nitrogens with one attached hydrogen (secondary N) is 2. The summed E-state index contributed by atoms with van der Waals surface area (Å²) in [6, 6.07) is 17.0. The highest BCUT2D eigenvalue weighted by Gasteiger charge is 2.13. The molecule has 2 aromatic carbocycles. The van der Waals surface area contributed by atoms with Crippen LogP contribution in [0.15, 0.2) is 54.6 Å². The van der Waals surface area contributed by atoms with Gasteiger partial charge < -0.3 is 20.3 Å². The topological polar surface area (TPSA) is 79.4 Å². The van der Waals surface area contributed by atoms with Crippen molar-refractivity contribution in [1.82, 2.24) is 10.2 Å². The number of nitrogens with zero attached hydrogens (tertiary/aromatic N) is 3. The largest absolute Gasteiger partial charge is 0.378 e. The second kappa shape index (κ2) is 8.92. The van der Waals surface area contributed by atoms with E-state index in [1.54, 1.807) is 0 Å². The van der Waals surface area contributed by atoms with Gasteiger partial charge in [-0.2, -0.15) is 0 Å². The summed E-state index contributed by atoms with van der Waals surface area (Å²) in [5.74, 6) is 0.851. The number of hydrogen-bond donors (Lipinski definition) is 2. The summed E-state index contributed by atoms with van der Waals surface area (Å²) < 4.78 is 5.38. The van der Waals surface area contributed by atoms with Gasteiger partial charge in [0.15, 0.2) is 5.82 Å². The molecule has 1 saturated heterocycles. The third kappa shape index (κ3) is 4.75. The summed E-state index contributed by atoms with van der Waals surface area (Å²) in [4.78, 5) is 14.5. The molecule has 0 spiro atoms. The van der Waals surface area contributed by atoms with Crippen LogP contribution in [0.2, 0.25) is 0 Å². The van der Waals surface area contributed by atoms with Crippen LogP contribution in [0.1, 0.15) is 11.1 Å². The van der Waals surface area contributed by atoms with Crippen molar-refractivity contribution in [1.29, 1.82) is 0 Å². The summed E-state index contributed by atoms with van der Waals surface area (Å²) in [6.07, 6.45) is 0. The van der Waals surface area contributed by atoms with Gasteiger partial charge >= 0.3 is 6.03 Å². The van der Waals surface area contributed by atoms with E-state index in [0.29, 0.717) is 18.9 Å². The van der Waals surface area contributed by atoms with Crippen molar-refractivity contribution in [3.05, 3.63) is 65.7 Å². The van der Waals surface area contributed by atoms with Gasteiger partial charge in [-0.05, 0) is 61.4 Å². The van der Waals surface area contributed by atoms with E-state index in [9.17, 15) is 4.79 Å². The van der Waals surface area contributed by atoms with Crippen molar-refractivity contribution in [3.63, 3.8) is 0 Å². The van der Waals surface area contributed by atoms with Crippen molar-refractivity contribution in [2.24, 2.45) is 0 Å². The third-order valence-electron chi connectivity index (χ3n) is 5.17. The zero-order valence-electron chi connectivity index (χ0n) is 17.2. The van der Waals surface area contributed by atoms with Crippen LogP contribution in [0.3, 0.4) is 0 Å². The van der Waals surface area contributed by atoms with E-state index in [-0.39, 0.29) is 6.03 Å². The molecule has 0 atom stereocenters. The predicted molar refractivity (Wildman–Crippen MR) is 119 cm³/mol. The average Bonchev–Trinajstić information content (AvgIpc) is 2.77. The maximum absolute atomic E-state index is 12.4. The van der Waals surface area contributed by atoms with E-state index in [1.165, 1.54) is 5.56 Å². The first-order valence-corrected chi connectivity index (χ1v) is 10.0. The Morgan fingerprint density at radius 2 is 1.67 bits per heavy atom. The summed E-state index contributed by atoms with van der Waals surface area (Å²) >= 11 is 0. The second-order valence-electron chi connectivity index (χ2n) is 7.34. The first kappa shape index (κ1) is 19.8. The monoisotopic (exact) mass is 403 g/mol. The number of morpholine rings is 1. The van der Waals surface area contributed by atoms with E-state index < -0.39 is 0 Å². The molecule has 2 heterocycles. The first-order chi connectivity index (χ1) is 14.6. The number of carbonyl (C=O) groups is 1. The van der Waals surface area contributed by atoms with E-state index in [0.717, 1.165) is 41.4 Å². The van der Waals surface area contributed by atoms with Crippen molar-refractivity contribution in [3.8, 4) is 11.3 Å². The van der Waals surface area contributed by atoms with Crippen LogP contribution < -0.4 is 15.5 Å². The van der Waals surface area contributed by atoms with Gasteiger partial charge in [-0.15, -0.1) is 10.2 Å². The molecule has 0 radical (unpaired) electrons. The molecule has 3 aromatic rings. The van der Waals surface area contributed by atoms with Gasteiger partial charge in [0, 0.05) is 30.0 Å². The number of benzene rings is 2. The molecular formula is C23H25N5O2. The molecule has 0 aliphatic carbocycles. The van der Waals surface area contributed by atoms with Gasteiger partial charge in [-0.3, -0.25) is 0 Å². The van der Waals surface area contributed by atoms with Crippen LogP contribution in [-0.2, 0) is 4.74 Å². The Morgan fingerprint density at radius 1 is 0.900 bits per heavy atom. The van der Waals surface area contributed by atoms with Crippen molar-refractivity contribution in [2.75, 3.05) is 41.8 Å². The lowest BCUT2D eigenvalue weighted by atomic mass is 10.1. The lowest BCUT2D eigenvalue weighted by molar-refractivity contribution is 0.122.